The summed E-state index contributed by atoms with van der Waals surface area (Å²) in [7, 11) is 0. The van der Waals surface area contributed by atoms with E-state index in [-0.39, 0.29) is 24.9 Å². The van der Waals surface area contributed by atoms with Crippen molar-refractivity contribution in [1.82, 2.24) is 15.1 Å². The van der Waals surface area contributed by atoms with Crippen LogP contribution in [0.1, 0.15) is 12.8 Å². The van der Waals surface area contributed by atoms with Crippen LogP contribution in [0.4, 0.5) is 10.1 Å². The zero-order chi connectivity index (χ0) is 16.8. The van der Waals surface area contributed by atoms with Gasteiger partial charge in [0.05, 0.1) is 0 Å². The summed E-state index contributed by atoms with van der Waals surface area (Å²) in [6.45, 7) is 0.964. The zero-order valence-electron chi connectivity index (χ0n) is 13.8. The van der Waals surface area contributed by atoms with E-state index in [1.165, 1.54) is 0 Å². The van der Waals surface area contributed by atoms with E-state index in [4.69, 9.17) is 4.74 Å². The van der Waals surface area contributed by atoms with Gasteiger partial charge in [-0.2, -0.15) is 5.10 Å². The molecule has 0 atom stereocenters. The average molecular weight is 369 g/mol. The van der Waals surface area contributed by atoms with Gasteiger partial charge in [-0.25, -0.2) is 4.39 Å². The van der Waals surface area contributed by atoms with Crippen LogP contribution in [0.25, 0.3) is 0 Å². The van der Waals surface area contributed by atoms with Crippen molar-refractivity contribution in [2.45, 2.75) is 18.4 Å². The number of carbonyl (C=O) groups is 1. The molecule has 0 unspecified atom stereocenters. The number of carbonyl (C=O) groups excluding carboxylic acids is 1. The van der Waals surface area contributed by atoms with Crippen molar-refractivity contribution in [3.05, 3.63) is 42.7 Å². The van der Waals surface area contributed by atoms with Crippen LogP contribution in [-0.2, 0) is 10.3 Å². The summed E-state index contributed by atoms with van der Waals surface area (Å²) >= 11 is 0. The lowest BCUT2D eigenvalue weighted by molar-refractivity contribution is -0.126. The van der Waals surface area contributed by atoms with E-state index in [9.17, 15) is 9.18 Å². The first-order valence-electron chi connectivity index (χ1n) is 8.06. The standard InChI is InChI=1S/C17H21FN4O2.ClH/c18-7-12-24-15-4-1-3-14(13-15)21-16(23)17(5-9-19-10-6-17)22-11-2-8-20-22;/h1-4,8,11,13,19H,5-7,9-10,12H2,(H,21,23);1H. The van der Waals surface area contributed by atoms with Gasteiger partial charge in [-0.1, -0.05) is 6.07 Å². The molecule has 2 N–H and O–H groups in total. The van der Waals surface area contributed by atoms with Crippen LogP contribution in [-0.4, -0.2) is 42.1 Å². The van der Waals surface area contributed by atoms with Crippen molar-refractivity contribution in [3.63, 3.8) is 0 Å². The van der Waals surface area contributed by atoms with E-state index in [1.54, 1.807) is 35.1 Å². The fourth-order valence-electron chi connectivity index (χ4n) is 2.99. The van der Waals surface area contributed by atoms with Crippen molar-refractivity contribution in [1.29, 1.82) is 0 Å². The van der Waals surface area contributed by atoms with Crippen molar-refractivity contribution in [3.8, 4) is 5.75 Å². The van der Waals surface area contributed by atoms with E-state index in [0.717, 1.165) is 13.1 Å². The van der Waals surface area contributed by atoms with E-state index in [1.807, 2.05) is 12.3 Å². The predicted molar refractivity (Wildman–Crippen MR) is 96.1 cm³/mol. The van der Waals surface area contributed by atoms with Crippen LogP contribution in [0.2, 0.25) is 0 Å². The second-order valence-corrected chi connectivity index (χ2v) is 5.75. The minimum Gasteiger partial charge on any atom is -0.491 e. The molecule has 1 aliphatic rings. The summed E-state index contributed by atoms with van der Waals surface area (Å²) < 4.78 is 19.2. The van der Waals surface area contributed by atoms with E-state index >= 15 is 0 Å². The number of hydrogen-bond donors (Lipinski definition) is 2. The molecule has 3 rings (SSSR count). The van der Waals surface area contributed by atoms with Gasteiger partial charge in [0.25, 0.3) is 5.91 Å². The molecule has 1 aliphatic heterocycles. The van der Waals surface area contributed by atoms with Crippen LogP contribution in [0.3, 0.4) is 0 Å². The number of aromatic nitrogens is 2. The Bertz CT molecular complexity index is 675. The van der Waals surface area contributed by atoms with E-state index in [2.05, 4.69) is 15.7 Å². The number of anilines is 1. The highest BCUT2D eigenvalue weighted by Gasteiger charge is 2.42. The number of rotatable bonds is 6. The second-order valence-electron chi connectivity index (χ2n) is 5.75. The number of nitrogens with zero attached hydrogens (tertiary/aromatic N) is 2. The lowest BCUT2D eigenvalue weighted by Gasteiger charge is -2.36. The molecule has 136 valence electrons. The largest absolute Gasteiger partial charge is 0.491 e. The summed E-state index contributed by atoms with van der Waals surface area (Å²) in [5.74, 6) is 0.430. The summed E-state index contributed by atoms with van der Waals surface area (Å²) in [5, 5.41) is 10.5. The Kier molecular flexibility index (Phi) is 6.78. The molecular weight excluding hydrogens is 347 g/mol. The molecule has 1 aromatic heterocycles. The molecule has 25 heavy (non-hydrogen) atoms. The topological polar surface area (TPSA) is 68.2 Å². The second kappa shape index (κ2) is 8.82. The highest BCUT2D eigenvalue weighted by molar-refractivity contribution is 5.96. The number of halogens is 2. The van der Waals surface area contributed by atoms with Gasteiger partial charge in [0.2, 0.25) is 0 Å². The third kappa shape index (κ3) is 4.29. The number of amides is 1. The Morgan fingerprint density at radius 1 is 1.36 bits per heavy atom. The fraction of sp³-hybridized carbons (Fsp3) is 0.412. The zero-order valence-corrected chi connectivity index (χ0v) is 14.6. The molecule has 0 aliphatic carbocycles. The Balaban J connectivity index is 0.00000225. The van der Waals surface area contributed by atoms with Gasteiger partial charge in [-0.15, -0.1) is 12.4 Å². The van der Waals surface area contributed by atoms with Crippen LogP contribution < -0.4 is 15.4 Å². The summed E-state index contributed by atoms with van der Waals surface area (Å²) in [6.07, 6.45) is 4.84. The molecule has 1 amide bonds. The summed E-state index contributed by atoms with van der Waals surface area (Å²) in [6, 6.07) is 8.82. The van der Waals surface area contributed by atoms with Gasteiger partial charge in [0, 0.05) is 24.1 Å². The van der Waals surface area contributed by atoms with Gasteiger partial charge in [-0.05, 0) is 44.1 Å². The summed E-state index contributed by atoms with van der Waals surface area (Å²) in [4.78, 5) is 13.0. The Labute approximate surface area is 152 Å². The SMILES string of the molecule is Cl.O=C(Nc1cccc(OCCF)c1)C1(n2cccn2)CCNCC1. The normalized spacial score (nSPS) is 15.9. The number of hydrogen-bond acceptors (Lipinski definition) is 4. The monoisotopic (exact) mass is 368 g/mol. The molecule has 1 saturated heterocycles. The molecule has 1 aromatic carbocycles. The highest BCUT2D eigenvalue weighted by atomic mass is 35.5. The molecule has 0 bridgehead atoms. The van der Waals surface area contributed by atoms with Crippen molar-refractivity contribution in [2.24, 2.45) is 0 Å². The number of alkyl halides is 1. The van der Waals surface area contributed by atoms with Crippen LogP contribution in [0, 0.1) is 0 Å². The Hall–Kier alpha value is -2.12. The van der Waals surface area contributed by atoms with Gasteiger partial charge in [0.1, 0.15) is 24.6 Å². The Morgan fingerprint density at radius 3 is 2.84 bits per heavy atom. The van der Waals surface area contributed by atoms with E-state index in [0.29, 0.717) is 24.3 Å². The first-order valence-corrected chi connectivity index (χ1v) is 8.06. The number of ether oxygens (including phenoxy) is 1. The van der Waals surface area contributed by atoms with Crippen LogP contribution >= 0.6 is 12.4 Å². The summed E-state index contributed by atoms with van der Waals surface area (Å²) in [5.41, 5.74) is -0.0775. The van der Waals surface area contributed by atoms with Crippen LogP contribution in [0.5, 0.6) is 5.75 Å². The van der Waals surface area contributed by atoms with Gasteiger partial charge < -0.3 is 15.4 Å². The van der Waals surface area contributed by atoms with Gasteiger partial charge in [0.15, 0.2) is 0 Å². The molecule has 2 aromatic rings. The molecule has 0 saturated carbocycles. The van der Waals surface area contributed by atoms with Gasteiger partial charge in [-0.3, -0.25) is 9.48 Å². The molecule has 1 fully saturated rings. The quantitative estimate of drug-likeness (QED) is 0.821. The minimum atomic E-state index is -0.704. The average Bonchev–Trinajstić information content (AvgIpc) is 3.16. The number of piperidine rings is 1. The Morgan fingerprint density at radius 2 is 2.16 bits per heavy atom. The molecule has 2 heterocycles. The molecule has 8 heteroatoms. The predicted octanol–water partition coefficient (Wildman–Crippen LogP) is 2.37. The van der Waals surface area contributed by atoms with Crippen molar-refractivity contribution >= 4 is 24.0 Å². The van der Waals surface area contributed by atoms with E-state index < -0.39 is 12.2 Å². The van der Waals surface area contributed by atoms with Gasteiger partial charge >= 0.3 is 0 Å². The van der Waals surface area contributed by atoms with Crippen molar-refractivity contribution in [2.75, 3.05) is 31.7 Å². The molecular formula is C17H22ClFN4O2. The lowest BCUT2D eigenvalue weighted by Crippen LogP contribution is -2.52. The highest BCUT2D eigenvalue weighted by Crippen LogP contribution is 2.29. The fourth-order valence-corrected chi connectivity index (χ4v) is 2.99. The molecule has 0 spiro atoms. The first kappa shape index (κ1) is 19.2. The number of benzene rings is 1. The van der Waals surface area contributed by atoms with Crippen LogP contribution in [0.15, 0.2) is 42.7 Å². The first-order chi connectivity index (χ1) is 11.7. The lowest BCUT2D eigenvalue weighted by atomic mass is 9.87. The third-order valence-electron chi connectivity index (χ3n) is 4.23. The van der Waals surface area contributed by atoms with Crippen molar-refractivity contribution < 1.29 is 13.9 Å². The maximum Gasteiger partial charge on any atom is 0.252 e. The maximum atomic E-state index is 13.0. The number of nitrogens with one attached hydrogen (secondary N) is 2. The minimum absolute atomic E-state index is 0. The third-order valence-corrected chi connectivity index (χ3v) is 4.23. The smallest absolute Gasteiger partial charge is 0.252 e. The molecule has 6 nitrogen and oxygen atoms in total. The molecule has 0 radical (unpaired) electrons. The maximum absolute atomic E-state index is 13.0.